The zero-order chi connectivity index (χ0) is 18.3. The topological polar surface area (TPSA) is 71.4 Å². The van der Waals surface area contributed by atoms with Gasteiger partial charge in [0, 0.05) is 18.4 Å². The normalized spacial score (nSPS) is 16.6. The van der Waals surface area contributed by atoms with E-state index in [9.17, 15) is 18.8 Å². The predicted octanol–water partition coefficient (Wildman–Crippen LogP) is 2.45. The molecule has 1 fully saturated rings. The Hall–Kier alpha value is -3.22. The molecule has 1 N–H and O–H groups in total. The monoisotopic (exact) mass is 341 g/mol. The van der Waals surface area contributed by atoms with Crippen molar-refractivity contribution in [2.75, 3.05) is 4.90 Å². The first-order valence-corrected chi connectivity index (χ1v) is 7.59. The Kier molecular flexibility index (Phi) is 4.00. The van der Waals surface area contributed by atoms with Gasteiger partial charge in [0.05, 0.1) is 5.69 Å². The molecule has 1 saturated heterocycles. The van der Waals surface area contributed by atoms with Crippen LogP contribution in [0.1, 0.15) is 17.0 Å². The van der Waals surface area contributed by atoms with Gasteiger partial charge < -0.3 is 4.57 Å². The molecule has 1 aromatic heterocycles. The third kappa shape index (κ3) is 2.84. The third-order valence-corrected chi connectivity index (χ3v) is 4.28. The van der Waals surface area contributed by atoms with Crippen LogP contribution in [0.2, 0.25) is 0 Å². The Morgan fingerprint density at radius 2 is 1.84 bits per heavy atom. The van der Waals surface area contributed by atoms with E-state index in [-0.39, 0.29) is 11.3 Å². The molecule has 0 bridgehead atoms. The van der Waals surface area contributed by atoms with Crippen LogP contribution in [0.25, 0.3) is 6.08 Å². The molecule has 1 aliphatic heterocycles. The number of nitrogens with zero attached hydrogens (tertiary/aromatic N) is 2. The van der Waals surface area contributed by atoms with Crippen molar-refractivity contribution in [1.82, 2.24) is 9.88 Å². The van der Waals surface area contributed by atoms with Crippen molar-refractivity contribution in [3.8, 4) is 0 Å². The first-order chi connectivity index (χ1) is 11.8. The SMILES string of the molecule is Cc1cc(/C=C2/C(=O)NC(=O)N(c3cccc(F)c3)C2=O)c(C)n1C. The average molecular weight is 341 g/mol. The van der Waals surface area contributed by atoms with Crippen LogP contribution >= 0.6 is 0 Å². The molecule has 1 aromatic carbocycles. The Labute approximate surface area is 143 Å². The molecule has 1 aliphatic rings. The van der Waals surface area contributed by atoms with Gasteiger partial charge in [0.25, 0.3) is 11.8 Å². The number of halogens is 1. The zero-order valence-electron chi connectivity index (χ0n) is 14.0. The van der Waals surface area contributed by atoms with Gasteiger partial charge in [-0.3, -0.25) is 14.9 Å². The number of barbiturate groups is 1. The second-order valence-corrected chi connectivity index (χ2v) is 5.82. The minimum absolute atomic E-state index is 0.0573. The van der Waals surface area contributed by atoms with E-state index in [1.165, 1.54) is 24.3 Å². The molecule has 0 spiro atoms. The number of aryl methyl sites for hydroxylation is 1. The maximum absolute atomic E-state index is 13.4. The molecule has 3 rings (SSSR count). The van der Waals surface area contributed by atoms with Crippen LogP contribution in [-0.2, 0) is 16.6 Å². The number of anilines is 1. The van der Waals surface area contributed by atoms with E-state index >= 15 is 0 Å². The number of rotatable bonds is 2. The molecule has 128 valence electrons. The summed E-state index contributed by atoms with van der Waals surface area (Å²) in [6.07, 6.45) is 1.44. The summed E-state index contributed by atoms with van der Waals surface area (Å²) in [4.78, 5) is 37.7. The van der Waals surface area contributed by atoms with Crippen LogP contribution in [-0.4, -0.2) is 22.4 Å². The van der Waals surface area contributed by atoms with Crippen molar-refractivity contribution in [2.24, 2.45) is 7.05 Å². The van der Waals surface area contributed by atoms with Crippen LogP contribution in [0.3, 0.4) is 0 Å². The van der Waals surface area contributed by atoms with Gasteiger partial charge in [-0.25, -0.2) is 14.1 Å². The van der Waals surface area contributed by atoms with Gasteiger partial charge in [0.1, 0.15) is 11.4 Å². The number of carbonyl (C=O) groups is 3. The summed E-state index contributed by atoms with van der Waals surface area (Å²) >= 11 is 0. The van der Waals surface area contributed by atoms with Crippen LogP contribution in [0.4, 0.5) is 14.9 Å². The molecule has 6 nitrogen and oxygen atoms in total. The lowest BCUT2D eigenvalue weighted by atomic mass is 10.1. The number of aromatic nitrogens is 1. The standard InChI is InChI=1S/C18H16FN3O3/c1-10-7-12(11(2)21(10)3)8-15-16(23)20-18(25)22(17(15)24)14-6-4-5-13(19)9-14/h4-9H,1-3H3,(H,20,23,25)/b15-8-. The van der Waals surface area contributed by atoms with E-state index in [0.717, 1.165) is 22.4 Å². The molecule has 0 atom stereocenters. The number of amides is 4. The summed E-state index contributed by atoms with van der Waals surface area (Å²) in [5.41, 5.74) is 2.41. The number of carbonyl (C=O) groups excluding carboxylic acids is 3. The largest absolute Gasteiger partial charge is 0.352 e. The highest BCUT2D eigenvalue weighted by Gasteiger charge is 2.37. The van der Waals surface area contributed by atoms with E-state index in [1.54, 1.807) is 0 Å². The highest BCUT2D eigenvalue weighted by molar-refractivity contribution is 6.39. The maximum Gasteiger partial charge on any atom is 0.335 e. The summed E-state index contributed by atoms with van der Waals surface area (Å²) in [5.74, 6) is -2.15. The lowest BCUT2D eigenvalue weighted by Gasteiger charge is -2.26. The van der Waals surface area contributed by atoms with E-state index in [1.807, 2.05) is 31.5 Å². The fourth-order valence-corrected chi connectivity index (χ4v) is 2.69. The molecular weight excluding hydrogens is 325 g/mol. The molecular formula is C18H16FN3O3. The zero-order valence-corrected chi connectivity index (χ0v) is 14.0. The Balaban J connectivity index is 2.06. The fourth-order valence-electron chi connectivity index (χ4n) is 2.69. The van der Waals surface area contributed by atoms with Gasteiger partial charge in [0.15, 0.2) is 0 Å². The number of benzene rings is 1. The summed E-state index contributed by atoms with van der Waals surface area (Å²) in [6.45, 7) is 3.76. The van der Waals surface area contributed by atoms with Gasteiger partial charge in [-0.15, -0.1) is 0 Å². The smallest absolute Gasteiger partial charge is 0.335 e. The van der Waals surface area contributed by atoms with Gasteiger partial charge >= 0.3 is 6.03 Å². The molecule has 25 heavy (non-hydrogen) atoms. The number of imide groups is 2. The van der Waals surface area contributed by atoms with Gasteiger partial charge in [-0.2, -0.15) is 0 Å². The Bertz CT molecular complexity index is 943. The van der Waals surface area contributed by atoms with Crippen molar-refractivity contribution in [2.45, 2.75) is 13.8 Å². The molecule has 7 heteroatoms. The second-order valence-electron chi connectivity index (χ2n) is 5.82. The lowest BCUT2D eigenvalue weighted by Crippen LogP contribution is -2.54. The van der Waals surface area contributed by atoms with Gasteiger partial charge in [-0.1, -0.05) is 6.07 Å². The fraction of sp³-hybridized carbons (Fsp3) is 0.167. The van der Waals surface area contributed by atoms with Crippen molar-refractivity contribution in [3.63, 3.8) is 0 Å². The Morgan fingerprint density at radius 3 is 2.44 bits per heavy atom. The van der Waals surface area contributed by atoms with Crippen molar-refractivity contribution in [1.29, 1.82) is 0 Å². The average Bonchev–Trinajstić information content (AvgIpc) is 2.78. The minimum Gasteiger partial charge on any atom is -0.352 e. The number of hydrogen-bond acceptors (Lipinski definition) is 3. The first kappa shape index (κ1) is 16.6. The predicted molar refractivity (Wildman–Crippen MR) is 90.3 cm³/mol. The Morgan fingerprint density at radius 1 is 1.12 bits per heavy atom. The molecule has 4 amide bonds. The maximum atomic E-state index is 13.4. The molecule has 0 saturated carbocycles. The number of urea groups is 1. The van der Waals surface area contributed by atoms with Crippen LogP contribution < -0.4 is 10.2 Å². The van der Waals surface area contributed by atoms with Gasteiger partial charge in [0.2, 0.25) is 0 Å². The van der Waals surface area contributed by atoms with Crippen LogP contribution in [0, 0.1) is 19.7 Å². The summed E-state index contributed by atoms with van der Waals surface area (Å²) in [6, 6.07) is 6.00. The summed E-state index contributed by atoms with van der Waals surface area (Å²) in [7, 11) is 1.87. The van der Waals surface area contributed by atoms with Crippen molar-refractivity contribution >= 4 is 29.6 Å². The lowest BCUT2D eigenvalue weighted by molar-refractivity contribution is -0.122. The van der Waals surface area contributed by atoms with Crippen LogP contribution in [0.5, 0.6) is 0 Å². The van der Waals surface area contributed by atoms with Crippen molar-refractivity contribution in [3.05, 3.63) is 58.7 Å². The molecule has 2 heterocycles. The first-order valence-electron chi connectivity index (χ1n) is 7.59. The number of nitrogens with one attached hydrogen (secondary N) is 1. The molecule has 0 unspecified atom stereocenters. The molecule has 0 aliphatic carbocycles. The minimum atomic E-state index is -0.904. The highest BCUT2D eigenvalue weighted by Crippen LogP contribution is 2.24. The van der Waals surface area contributed by atoms with E-state index in [0.29, 0.717) is 5.56 Å². The highest BCUT2D eigenvalue weighted by atomic mass is 19.1. The van der Waals surface area contributed by atoms with Crippen LogP contribution in [0.15, 0.2) is 35.9 Å². The second kappa shape index (κ2) is 6.01. The summed E-state index contributed by atoms with van der Waals surface area (Å²) in [5, 5.41) is 2.12. The molecule has 2 aromatic rings. The quantitative estimate of drug-likeness (QED) is 0.674. The van der Waals surface area contributed by atoms with Crippen molar-refractivity contribution < 1.29 is 18.8 Å². The molecule has 0 radical (unpaired) electrons. The van der Waals surface area contributed by atoms with E-state index in [4.69, 9.17) is 0 Å². The van der Waals surface area contributed by atoms with Gasteiger partial charge in [-0.05, 0) is 49.8 Å². The van der Waals surface area contributed by atoms with E-state index < -0.39 is 23.7 Å². The number of hydrogen-bond donors (Lipinski definition) is 1. The third-order valence-electron chi connectivity index (χ3n) is 4.28. The van der Waals surface area contributed by atoms with E-state index in [2.05, 4.69) is 5.32 Å². The summed E-state index contributed by atoms with van der Waals surface area (Å²) < 4.78 is 15.4.